The Labute approximate surface area is 112 Å². The molecule has 4 heteroatoms. The summed E-state index contributed by atoms with van der Waals surface area (Å²) >= 11 is 8.03. The molecule has 1 saturated heterocycles. The number of halogens is 1. The third-order valence-corrected chi connectivity index (χ3v) is 5.39. The number of hydrogen-bond donors (Lipinski definition) is 2. The third kappa shape index (κ3) is 3.16. The summed E-state index contributed by atoms with van der Waals surface area (Å²) in [6.45, 7) is 2.31. The first kappa shape index (κ1) is 13.2. The Morgan fingerprint density at radius 1 is 1.59 bits per heavy atom. The van der Waals surface area contributed by atoms with E-state index in [1.54, 1.807) is 0 Å². The van der Waals surface area contributed by atoms with Crippen LogP contribution in [0.25, 0.3) is 0 Å². The van der Waals surface area contributed by atoms with Gasteiger partial charge in [0.25, 0.3) is 0 Å². The van der Waals surface area contributed by atoms with Crippen LogP contribution in [0.4, 0.5) is 0 Å². The van der Waals surface area contributed by atoms with Crippen molar-refractivity contribution in [1.82, 2.24) is 5.43 Å². The second-order valence-corrected chi connectivity index (χ2v) is 6.88. The number of rotatable bonds is 4. The van der Waals surface area contributed by atoms with E-state index in [0.717, 1.165) is 11.4 Å². The van der Waals surface area contributed by atoms with Crippen molar-refractivity contribution in [2.45, 2.75) is 37.0 Å². The lowest BCUT2D eigenvalue weighted by Gasteiger charge is -2.33. The Hall–Kier alpha value is -0.220. The number of benzene rings is 1. The monoisotopic (exact) mass is 270 g/mol. The van der Waals surface area contributed by atoms with Crippen LogP contribution in [0.3, 0.4) is 0 Å². The topological polar surface area (TPSA) is 38.0 Å². The molecule has 3 N–H and O–H groups in total. The van der Waals surface area contributed by atoms with Crippen LogP contribution in [0.5, 0.6) is 0 Å². The average Bonchev–Trinajstić information content (AvgIpc) is 2.74. The maximum Gasteiger partial charge on any atom is 0.0408 e. The van der Waals surface area contributed by atoms with Gasteiger partial charge < -0.3 is 0 Å². The Morgan fingerprint density at radius 3 is 3.00 bits per heavy atom. The number of nitrogens with two attached hydrogens (primary N) is 1. The van der Waals surface area contributed by atoms with Gasteiger partial charge in [-0.2, -0.15) is 11.8 Å². The fraction of sp³-hybridized carbons (Fsp3) is 0.538. The summed E-state index contributed by atoms with van der Waals surface area (Å²) in [6.07, 6.45) is 3.45. The van der Waals surface area contributed by atoms with Gasteiger partial charge in [-0.15, -0.1) is 0 Å². The van der Waals surface area contributed by atoms with E-state index in [4.69, 9.17) is 17.4 Å². The van der Waals surface area contributed by atoms with Crippen molar-refractivity contribution < 1.29 is 0 Å². The lowest BCUT2D eigenvalue weighted by molar-refractivity contribution is 0.405. The molecule has 0 bridgehead atoms. The highest BCUT2D eigenvalue weighted by Gasteiger charge is 2.37. The maximum atomic E-state index is 6.01. The van der Waals surface area contributed by atoms with Gasteiger partial charge in [-0.3, -0.25) is 11.3 Å². The predicted molar refractivity (Wildman–Crippen MR) is 76.4 cm³/mol. The molecule has 2 nitrogen and oxygen atoms in total. The van der Waals surface area contributed by atoms with Crippen LogP contribution in [0.1, 0.15) is 25.3 Å². The van der Waals surface area contributed by atoms with Gasteiger partial charge in [0.05, 0.1) is 0 Å². The van der Waals surface area contributed by atoms with E-state index in [-0.39, 0.29) is 4.75 Å². The van der Waals surface area contributed by atoms with Gasteiger partial charge in [0.1, 0.15) is 0 Å². The Kier molecular flexibility index (Phi) is 4.36. The summed E-state index contributed by atoms with van der Waals surface area (Å²) in [5, 5.41) is 0.794. The molecule has 0 radical (unpaired) electrons. The van der Waals surface area contributed by atoms with Crippen LogP contribution in [-0.2, 0) is 6.42 Å². The number of hydrazine groups is 1. The summed E-state index contributed by atoms with van der Waals surface area (Å²) in [5.41, 5.74) is 4.23. The van der Waals surface area contributed by atoms with E-state index in [0.29, 0.717) is 6.04 Å². The Morgan fingerprint density at radius 2 is 2.41 bits per heavy atom. The second kappa shape index (κ2) is 5.61. The molecule has 0 aliphatic carbocycles. The molecule has 2 unspecified atom stereocenters. The van der Waals surface area contributed by atoms with Gasteiger partial charge in [0.15, 0.2) is 0 Å². The summed E-state index contributed by atoms with van der Waals surface area (Å²) < 4.78 is 0.247. The number of nitrogens with one attached hydrogen (secondary N) is 1. The number of hydrogen-bond acceptors (Lipinski definition) is 3. The van der Waals surface area contributed by atoms with Crippen molar-refractivity contribution in [1.29, 1.82) is 0 Å². The molecule has 0 amide bonds. The molecule has 0 saturated carbocycles. The van der Waals surface area contributed by atoms with Gasteiger partial charge in [-0.05, 0) is 49.6 Å². The van der Waals surface area contributed by atoms with Crippen molar-refractivity contribution in [2.75, 3.05) is 5.75 Å². The van der Waals surface area contributed by atoms with Crippen LogP contribution >= 0.6 is 23.4 Å². The minimum Gasteiger partial charge on any atom is -0.271 e. The molecular formula is C13H19ClN2S. The molecule has 94 valence electrons. The van der Waals surface area contributed by atoms with Crippen LogP contribution in [0, 0.1) is 0 Å². The van der Waals surface area contributed by atoms with Crippen molar-refractivity contribution >= 4 is 23.4 Å². The SMILES string of the molecule is CC1(C(Cc2cccc(Cl)c2)NN)CCCS1. The lowest BCUT2D eigenvalue weighted by Crippen LogP contribution is -2.49. The van der Waals surface area contributed by atoms with E-state index in [1.165, 1.54) is 24.2 Å². The molecule has 1 fully saturated rings. The van der Waals surface area contributed by atoms with E-state index in [9.17, 15) is 0 Å². The summed E-state index contributed by atoms with van der Waals surface area (Å²) in [6, 6.07) is 8.33. The van der Waals surface area contributed by atoms with E-state index >= 15 is 0 Å². The molecule has 2 atom stereocenters. The first-order chi connectivity index (χ1) is 8.14. The molecule has 1 aromatic rings. The zero-order valence-electron chi connectivity index (χ0n) is 10.1. The summed E-state index contributed by atoms with van der Waals surface area (Å²) in [5.74, 6) is 6.97. The fourth-order valence-electron chi connectivity index (χ4n) is 2.43. The molecule has 1 aliphatic heterocycles. The van der Waals surface area contributed by atoms with E-state index in [2.05, 4.69) is 18.4 Å². The highest BCUT2D eigenvalue weighted by atomic mass is 35.5. The lowest BCUT2D eigenvalue weighted by atomic mass is 9.91. The minimum atomic E-state index is 0.247. The van der Waals surface area contributed by atoms with Gasteiger partial charge in [-0.25, -0.2) is 0 Å². The van der Waals surface area contributed by atoms with Crippen LogP contribution < -0.4 is 11.3 Å². The summed E-state index contributed by atoms with van der Waals surface area (Å²) in [4.78, 5) is 0. The minimum absolute atomic E-state index is 0.247. The van der Waals surface area contributed by atoms with Gasteiger partial charge in [-0.1, -0.05) is 23.7 Å². The quantitative estimate of drug-likeness (QED) is 0.653. The normalized spacial score (nSPS) is 26.1. The molecule has 0 spiro atoms. The summed E-state index contributed by atoms with van der Waals surface area (Å²) in [7, 11) is 0. The molecule has 17 heavy (non-hydrogen) atoms. The smallest absolute Gasteiger partial charge is 0.0408 e. The third-order valence-electron chi connectivity index (χ3n) is 3.52. The second-order valence-electron chi connectivity index (χ2n) is 4.82. The van der Waals surface area contributed by atoms with Crippen molar-refractivity contribution in [2.24, 2.45) is 5.84 Å². The van der Waals surface area contributed by atoms with Gasteiger partial charge in [0, 0.05) is 15.8 Å². The predicted octanol–water partition coefficient (Wildman–Crippen LogP) is 3.00. The maximum absolute atomic E-state index is 6.01. The molecule has 1 heterocycles. The highest BCUT2D eigenvalue weighted by Crippen LogP contribution is 2.41. The Bertz CT molecular complexity index is 377. The average molecular weight is 271 g/mol. The Balaban J connectivity index is 2.09. The zero-order chi connectivity index (χ0) is 12.3. The molecule has 0 aromatic heterocycles. The highest BCUT2D eigenvalue weighted by molar-refractivity contribution is 8.00. The standard InChI is InChI=1S/C13H19ClN2S/c1-13(6-3-7-17-13)12(16-15)9-10-4-2-5-11(14)8-10/h2,4-5,8,12,16H,3,6-7,9,15H2,1H3. The van der Waals surface area contributed by atoms with Crippen LogP contribution in [0.15, 0.2) is 24.3 Å². The van der Waals surface area contributed by atoms with Crippen molar-refractivity contribution in [3.05, 3.63) is 34.9 Å². The van der Waals surface area contributed by atoms with Crippen molar-refractivity contribution in [3.63, 3.8) is 0 Å². The van der Waals surface area contributed by atoms with Gasteiger partial charge in [0.2, 0.25) is 0 Å². The molecule has 1 aliphatic rings. The van der Waals surface area contributed by atoms with E-state index in [1.807, 2.05) is 30.0 Å². The zero-order valence-corrected chi connectivity index (χ0v) is 11.7. The first-order valence-corrected chi connectivity index (χ1v) is 7.35. The molecule has 2 rings (SSSR count). The van der Waals surface area contributed by atoms with E-state index < -0.39 is 0 Å². The largest absolute Gasteiger partial charge is 0.271 e. The number of thioether (sulfide) groups is 1. The van der Waals surface area contributed by atoms with Crippen LogP contribution in [0.2, 0.25) is 5.02 Å². The first-order valence-electron chi connectivity index (χ1n) is 5.98. The van der Waals surface area contributed by atoms with Crippen LogP contribution in [-0.4, -0.2) is 16.5 Å². The molecule has 1 aromatic carbocycles. The van der Waals surface area contributed by atoms with Gasteiger partial charge >= 0.3 is 0 Å². The van der Waals surface area contributed by atoms with Crippen molar-refractivity contribution in [3.8, 4) is 0 Å². The molecular weight excluding hydrogens is 252 g/mol. The fourth-order valence-corrected chi connectivity index (χ4v) is 4.04.